The summed E-state index contributed by atoms with van der Waals surface area (Å²) in [4.78, 5) is 5.41. The van der Waals surface area contributed by atoms with Crippen LogP contribution in [0.15, 0.2) is 10.6 Å². The number of anilines is 1. The second-order valence-electron chi connectivity index (χ2n) is 3.29. The van der Waals surface area contributed by atoms with Crippen LogP contribution in [0.25, 0.3) is 11.5 Å². The highest BCUT2D eigenvalue weighted by Gasteiger charge is 2.14. The van der Waals surface area contributed by atoms with Gasteiger partial charge in [0.15, 0.2) is 5.82 Å². The fraction of sp³-hybridized carbons (Fsp3) is 0.400. The van der Waals surface area contributed by atoms with Crippen LogP contribution in [0.4, 0.5) is 5.00 Å². The van der Waals surface area contributed by atoms with Crippen LogP contribution in [-0.2, 0) is 17.8 Å². The van der Waals surface area contributed by atoms with E-state index >= 15 is 0 Å². The van der Waals surface area contributed by atoms with Gasteiger partial charge in [0.1, 0.15) is 6.61 Å². The lowest BCUT2D eigenvalue weighted by Crippen LogP contribution is -1.89. The van der Waals surface area contributed by atoms with Gasteiger partial charge in [0.05, 0.1) is 10.6 Å². The number of hydrogen-bond acceptors (Lipinski definition) is 6. The van der Waals surface area contributed by atoms with E-state index in [1.54, 1.807) is 18.4 Å². The lowest BCUT2D eigenvalue weighted by Gasteiger charge is -1.89. The first kappa shape index (κ1) is 11.1. The molecule has 2 N–H and O–H groups in total. The predicted molar refractivity (Wildman–Crippen MR) is 62.1 cm³/mol. The molecule has 0 radical (unpaired) electrons. The third-order valence-electron chi connectivity index (χ3n) is 2.13. The molecule has 0 atom stereocenters. The topological polar surface area (TPSA) is 74.2 Å². The van der Waals surface area contributed by atoms with Crippen LogP contribution in [0.3, 0.4) is 0 Å². The molecule has 0 aliphatic carbocycles. The molecule has 0 aliphatic rings. The first-order valence-corrected chi connectivity index (χ1v) is 5.76. The maximum atomic E-state index is 5.89. The van der Waals surface area contributed by atoms with Gasteiger partial charge in [0.25, 0.3) is 5.89 Å². The molecule has 5 nitrogen and oxygen atoms in total. The zero-order valence-corrected chi connectivity index (χ0v) is 10.0. The summed E-state index contributed by atoms with van der Waals surface area (Å²) in [5, 5.41) is 4.51. The van der Waals surface area contributed by atoms with Crippen molar-refractivity contribution in [3.8, 4) is 11.5 Å². The predicted octanol–water partition coefficient (Wildman–Crippen LogP) is 2.09. The van der Waals surface area contributed by atoms with Crippen LogP contribution in [0.2, 0.25) is 0 Å². The Morgan fingerprint density at radius 1 is 1.56 bits per heavy atom. The SMILES string of the molecule is CCc1cc(-c2nc(COC)no2)c(N)s1. The van der Waals surface area contributed by atoms with E-state index in [0.717, 1.165) is 12.0 Å². The number of nitrogens with two attached hydrogens (primary N) is 1. The highest BCUT2D eigenvalue weighted by atomic mass is 32.1. The molecule has 6 heteroatoms. The first-order chi connectivity index (χ1) is 7.74. The molecule has 86 valence electrons. The Labute approximate surface area is 97.2 Å². The van der Waals surface area contributed by atoms with Crippen LogP contribution < -0.4 is 5.73 Å². The summed E-state index contributed by atoms with van der Waals surface area (Å²) in [5.41, 5.74) is 6.71. The highest BCUT2D eigenvalue weighted by molar-refractivity contribution is 7.16. The number of ether oxygens (including phenoxy) is 1. The summed E-state index contributed by atoms with van der Waals surface area (Å²) in [5.74, 6) is 0.988. The molecule has 0 aromatic carbocycles. The molecule has 0 saturated heterocycles. The number of aromatic nitrogens is 2. The molecule has 16 heavy (non-hydrogen) atoms. The van der Waals surface area contributed by atoms with Crippen LogP contribution in [0, 0.1) is 0 Å². The molecule has 0 unspecified atom stereocenters. The fourth-order valence-electron chi connectivity index (χ4n) is 1.35. The van der Waals surface area contributed by atoms with Crippen molar-refractivity contribution >= 4 is 16.3 Å². The zero-order chi connectivity index (χ0) is 11.5. The van der Waals surface area contributed by atoms with Gasteiger partial charge in [-0.3, -0.25) is 0 Å². The molecule has 0 fully saturated rings. The average molecular weight is 239 g/mol. The Balaban J connectivity index is 2.30. The van der Waals surface area contributed by atoms with Crippen molar-refractivity contribution in [3.05, 3.63) is 16.8 Å². The molecule has 0 saturated carbocycles. The van der Waals surface area contributed by atoms with Crippen molar-refractivity contribution in [2.24, 2.45) is 0 Å². The van der Waals surface area contributed by atoms with Gasteiger partial charge >= 0.3 is 0 Å². The standard InChI is InChI=1S/C10H13N3O2S/c1-3-6-4-7(9(11)16-6)10-12-8(5-14-2)13-15-10/h4H,3,5,11H2,1-2H3. The number of nitrogen functional groups attached to an aromatic ring is 1. The molecule has 0 spiro atoms. The highest BCUT2D eigenvalue weighted by Crippen LogP contribution is 2.33. The van der Waals surface area contributed by atoms with Crippen molar-refractivity contribution in [2.45, 2.75) is 20.0 Å². The Morgan fingerprint density at radius 3 is 3.00 bits per heavy atom. The Morgan fingerprint density at radius 2 is 2.38 bits per heavy atom. The normalized spacial score (nSPS) is 10.9. The van der Waals surface area contributed by atoms with E-state index in [1.807, 2.05) is 6.07 Å². The van der Waals surface area contributed by atoms with Gasteiger partial charge in [-0.05, 0) is 12.5 Å². The Hall–Kier alpha value is -1.40. The minimum absolute atomic E-state index is 0.341. The monoisotopic (exact) mass is 239 g/mol. The lowest BCUT2D eigenvalue weighted by atomic mass is 10.2. The number of methoxy groups -OCH3 is 1. The minimum Gasteiger partial charge on any atom is -0.390 e. The molecule has 0 amide bonds. The van der Waals surface area contributed by atoms with Gasteiger partial charge in [-0.15, -0.1) is 11.3 Å². The van der Waals surface area contributed by atoms with E-state index in [9.17, 15) is 0 Å². The summed E-state index contributed by atoms with van der Waals surface area (Å²) in [7, 11) is 1.59. The molecule has 2 heterocycles. The maximum absolute atomic E-state index is 5.89. The van der Waals surface area contributed by atoms with Crippen molar-refractivity contribution in [1.82, 2.24) is 10.1 Å². The number of hydrogen-bond donors (Lipinski definition) is 1. The number of rotatable bonds is 4. The van der Waals surface area contributed by atoms with Crippen molar-refractivity contribution in [2.75, 3.05) is 12.8 Å². The Bertz CT molecular complexity index is 478. The summed E-state index contributed by atoms with van der Waals surface area (Å²) in [6.45, 7) is 2.42. The van der Waals surface area contributed by atoms with Crippen LogP contribution in [0.5, 0.6) is 0 Å². The zero-order valence-electron chi connectivity index (χ0n) is 9.19. The van der Waals surface area contributed by atoms with Gasteiger partial charge in [-0.1, -0.05) is 12.1 Å². The van der Waals surface area contributed by atoms with E-state index in [1.165, 1.54) is 4.88 Å². The van der Waals surface area contributed by atoms with E-state index in [-0.39, 0.29) is 0 Å². The molecular weight excluding hydrogens is 226 g/mol. The lowest BCUT2D eigenvalue weighted by molar-refractivity contribution is 0.174. The van der Waals surface area contributed by atoms with E-state index in [2.05, 4.69) is 17.1 Å². The maximum Gasteiger partial charge on any atom is 0.261 e. The Kier molecular flexibility index (Phi) is 3.21. The first-order valence-electron chi connectivity index (χ1n) is 4.94. The van der Waals surface area contributed by atoms with Crippen molar-refractivity contribution in [1.29, 1.82) is 0 Å². The van der Waals surface area contributed by atoms with Gasteiger partial charge in [0, 0.05) is 12.0 Å². The smallest absolute Gasteiger partial charge is 0.261 e. The van der Waals surface area contributed by atoms with E-state index in [0.29, 0.717) is 23.3 Å². The summed E-state index contributed by atoms with van der Waals surface area (Å²) < 4.78 is 10.0. The largest absolute Gasteiger partial charge is 0.390 e. The number of aryl methyl sites for hydroxylation is 1. The molecule has 2 rings (SSSR count). The average Bonchev–Trinajstić information content (AvgIpc) is 2.85. The van der Waals surface area contributed by atoms with Crippen molar-refractivity contribution in [3.63, 3.8) is 0 Å². The third kappa shape index (κ3) is 2.07. The van der Waals surface area contributed by atoms with Crippen molar-refractivity contribution < 1.29 is 9.26 Å². The van der Waals surface area contributed by atoms with Gasteiger partial charge in [-0.25, -0.2) is 0 Å². The number of thiophene rings is 1. The second-order valence-corrected chi connectivity index (χ2v) is 4.46. The molecular formula is C10H13N3O2S. The van der Waals surface area contributed by atoms with Gasteiger partial charge in [-0.2, -0.15) is 4.98 Å². The van der Waals surface area contributed by atoms with E-state index in [4.69, 9.17) is 15.0 Å². The van der Waals surface area contributed by atoms with Crippen LogP contribution in [-0.4, -0.2) is 17.3 Å². The second kappa shape index (κ2) is 4.63. The third-order valence-corrected chi connectivity index (χ3v) is 3.24. The molecule has 0 aliphatic heterocycles. The number of nitrogens with zero attached hydrogens (tertiary/aromatic N) is 2. The summed E-state index contributed by atoms with van der Waals surface area (Å²) >= 11 is 1.55. The molecule has 2 aromatic rings. The van der Waals surface area contributed by atoms with Crippen LogP contribution in [0.1, 0.15) is 17.6 Å². The molecule has 2 aromatic heterocycles. The fourth-order valence-corrected chi connectivity index (χ4v) is 2.21. The summed E-state index contributed by atoms with van der Waals surface area (Å²) in [6.07, 6.45) is 0.952. The van der Waals surface area contributed by atoms with Crippen LogP contribution >= 0.6 is 11.3 Å². The van der Waals surface area contributed by atoms with E-state index < -0.39 is 0 Å². The molecule has 0 bridgehead atoms. The summed E-state index contributed by atoms with van der Waals surface area (Å²) in [6, 6.07) is 1.99. The quantitative estimate of drug-likeness (QED) is 0.884. The van der Waals surface area contributed by atoms with Gasteiger partial charge < -0.3 is 15.0 Å². The minimum atomic E-state index is 0.341. The van der Waals surface area contributed by atoms with Gasteiger partial charge in [0.2, 0.25) is 0 Å².